The summed E-state index contributed by atoms with van der Waals surface area (Å²) in [5.41, 5.74) is 7.34. The van der Waals surface area contributed by atoms with Crippen LogP contribution in [0.1, 0.15) is 37.0 Å². The molecule has 0 aliphatic heterocycles. The molecule has 1 rings (SSSR count). The minimum absolute atomic E-state index is 0.00531. The predicted molar refractivity (Wildman–Crippen MR) is 70.2 cm³/mol. The molecule has 0 saturated heterocycles. The van der Waals surface area contributed by atoms with Gasteiger partial charge in [0.2, 0.25) is 0 Å². The third-order valence-electron chi connectivity index (χ3n) is 3.19. The summed E-state index contributed by atoms with van der Waals surface area (Å²) in [5, 5.41) is 16.1. The molecule has 1 aromatic rings. The number of nitrogens with two attached hydrogens (primary N) is 1. The van der Waals surface area contributed by atoms with E-state index in [1.807, 2.05) is 20.8 Å². The highest BCUT2D eigenvalue weighted by Gasteiger charge is 2.22. The van der Waals surface area contributed by atoms with Gasteiger partial charge in [0, 0.05) is 19.2 Å². The maximum atomic E-state index is 12.2. The van der Waals surface area contributed by atoms with Crippen molar-refractivity contribution < 1.29 is 9.90 Å². The number of anilines is 1. The second-order valence-electron chi connectivity index (χ2n) is 4.59. The first kappa shape index (κ1) is 14.5. The normalized spacial score (nSPS) is 14.3. The van der Waals surface area contributed by atoms with E-state index in [0.29, 0.717) is 23.6 Å². The summed E-state index contributed by atoms with van der Waals surface area (Å²) >= 11 is 0. The summed E-state index contributed by atoms with van der Waals surface area (Å²) in [7, 11) is 0. The van der Waals surface area contributed by atoms with Crippen LogP contribution in [0.3, 0.4) is 0 Å². The molecule has 0 fully saturated rings. The topological polar surface area (TPSA) is 93.2 Å². The molecule has 0 aliphatic carbocycles. The predicted octanol–water partition coefficient (Wildman–Crippen LogP) is 0.540. The van der Waals surface area contributed by atoms with E-state index in [4.69, 9.17) is 10.8 Å². The number of aliphatic hydroxyl groups excluding tert-OH is 1. The molecule has 0 bridgehead atoms. The van der Waals surface area contributed by atoms with Crippen LogP contribution in [0.2, 0.25) is 0 Å². The number of nitrogens with zero attached hydrogens (tertiary/aromatic N) is 2. The number of nitrogens with one attached hydrogen (secondary N) is 1. The lowest BCUT2D eigenvalue weighted by molar-refractivity contribution is 0.0906. The average molecular weight is 254 g/mol. The van der Waals surface area contributed by atoms with Gasteiger partial charge in [-0.15, -0.1) is 0 Å². The number of hydrogen-bond acceptors (Lipinski definition) is 4. The van der Waals surface area contributed by atoms with Crippen molar-refractivity contribution in [3.05, 3.63) is 11.4 Å². The molecule has 0 radical (unpaired) electrons. The van der Waals surface area contributed by atoms with Gasteiger partial charge in [0.25, 0.3) is 5.91 Å². The van der Waals surface area contributed by atoms with Gasteiger partial charge in [-0.2, -0.15) is 5.10 Å². The SMILES string of the molecule is CCn1nc(C)c(N)c1C(=O)NC(C)C(C)CO. The van der Waals surface area contributed by atoms with Crippen molar-refractivity contribution in [1.82, 2.24) is 15.1 Å². The van der Waals surface area contributed by atoms with Crippen molar-refractivity contribution >= 4 is 11.6 Å². The van der Waals surface area contributed by atoms with Crippen molar-refractivity contribution in [3.63, 3.8) is 0 Å². The largest absolute Gasteiger partial charge is 0.396 e. The third kappa shape index (κ3) is 2.81. The van der Waals surface area contributed by atoms with Crippen LogP contribution in [-0.2, 0) is 6.54 Å². The molecule has 0 saturated carbocycles. The first-order valence-electron chi connectivity index (χ1n) is 6.16. The minimum Gasteiger partial charge on any atom is -0.396 e. The fourth-order valence-electron chi connectivity index (χ4n) is 1.64. The molecule has 0 aromatic carbocycles. The maximum Gasteiger partial charge on any atom is 0.271 e. The van der Waals surface area contributed by atoms with E-state index in [1.165, 1.54) is 0 Å². The Morgan fingerprint density at radius 2 is 2.17 bits per heavy atom. The van der Waals surface area contributed by atoms with Gasteiger partial charge in [0.1, 0.15) is 5.69 Å². The van der Waals surface area contributed by atoms with Crippen LogP contribution in [0.15, 0.2) is 0 Å². The Morgan fingerprint density at radius 1 is 1.56 bits per heavy atom. The molecule has 2 atom stereocenters. The molecule has 2 unspecified atom stereocenters. The second kappa shape index (κ2) is 5.86. The summed E-state index contributed by atoms with van der Waals surface area (Å²) in [6.45, 7) is 8.03. The molecular weight excluding hydrogens is 232 g/mol. The molecule has 0 aliphatic rings. The van der Waals surface area contributed by atoms with Gasteiger partial charge in [-0.25, -0.2) is 0 Å². The van der Waals surface area contributed by atoms with Crippen LogP contribution in [0, 0.1) is 12.8 Å². The Labute approximate surface area is 107 Å². The Bertz CT molecular complexity index is 428. The van der Waals surface area contributed by atoms with E-state index in [2.05, 4.69) is 10.4 Å². The number of rotatable bonds is 5. The van der Waals surface area contributed by atoms with E-state index >= 15 is 0 Å². The number of nitrogen functional groups attached to an aromatic ring is 1. The number of hydrogen-bond donors (Lipinski definition) is 3. The molecule has 18 heavy (non-hydrogen) atoms. The van der Waals surface area contributed by atoms with Gasteiger partial charge in [0.15, 0.2) is 0 Å². The van der Waals surface area contributed by atoms with Gasteiger partial charge in [-0.05, 0) is 26.7 Å². The number of aromatic nitrogens is 2. The summed E-state index contributed by atoms with van der Waals surface area (Å²) in [6.07, 6.45) is 0. The summed E-state index contributed by atoms with van der Waals surface area (Å²) in [6, 6.07) is -0.123. The highest BCUT2D eigenvalue weighted by Crippen LogP contribution is 2.16. The smallest absolute Gasteiger partial charge is 0.271 e. The molecule has 1 heterocycles. The van der Waals surface area contributed by atoms with Gasteiger partial charge in [-0.3, -0.25) is 9.48 Å². The standard InChI is InChI=1S/C12H22N4O2/c1-5-16-11(10(13)9(4)15-16)12(18)14-8(3)7(2)6-17/h7-8,17H,5-6,13H2,1-4H3,(H,14,18). The Kier molecular flexibility index (Phi) is 4.72. The first-order valence-corrected chi connectivity index (χ1v) is 6.16. The van der Waals surface area contributed by atoms with E-state index in [1.54, 1.807) is 11.6 Å². The van der Waals surface area contributed by atoms with E-state index in [0.717, 1.165) is 0 Å². The Hall–Kier alpha value is -1.56. The zero-order chi connectivity index (χ0) is 13.9. The Morgan fingerprint density at radius 3 is 2.67 bits per heavy atom. The minimum atomic E-state index is -0.247. The molecule has 102 valence electrons. The molecule has 1 aromatic heterocycles. The van der Waals surface area contributed by atoms with Crippen LogP contribution in [0.5, 0.6) is 0 Å². The van der Waals surface area contributed by atoms with Crippen LogP contribution in [-0.4, -0.2) is 33.4 Å². The molecule has 0 spiro atoms. The number of aliphatic hydroxyl groups is 1. The molecule has 6 heteroatoms. The molecule has 6 nitrogen and oxygen atoms in total. The number of aryl methyl sites for hydroxylation is 2. The lowest BCUT2D eigenvalue weighted by Crippen LogP contribution is -2.39. The van der Waals surface area contributed by atoms with Gasteiger partial charge in [0.05, 0.1) is 11.4 Å². The van der Waals surface area contributed by atoms with Crippen molar-refractivity contribution in [1.29, 1.82) is 0 Å². The second-order valence-corrected chi connectivity index (χ2v) is 4.59. The van der Waals surface area contributed by atoms with Crippen molar-refractivity contribution in [2.24, 2.45) is 5.92 Å². The number of amides is 1. The van der Waals surface area contributed by atoms with Gasteiger partial charge < -0.3 is 16.2 Å². The zero-order valence-corrected chi connectivity index (χ0v) is 11.4. The van der Waals surface area contributed by atoms with Crippen LogP contribution in [0.4, 0.5) is 5.69 Å². The average Bonchev–Trinajstić information content (AvgIpc) is 2.63. The fourth-order valence-corrected chi connectivity index (χ4v) is 1.64. The van der Waals surface area contributed by atoms with Gasteiger partial charge >= 0.3 is 0 Å². The third-order valence-corrected chi connectivity index (χ3v) is 3.19. The lowest BCUT2D eigenvalue weighted by Gasteiger charge is -2.19. The molecule has 1 amide bonds. The molecular formula is C12H22N4O2. The maximum absolute atomic E-state index is 12.2. The lowest BCUT2D eigenvalue weighted by atomic mass is 10.1. The van der Waals surface area contributed by atoms with Crippen molar-refractivity contribution in [3.8, 4) is 0 Å². The van der Waals surface area contributed by atoms with Crippen molar-refractivity contribution in [2.45, 2.75) is 40.3 Å². The van der Waals surface area contributed by atoms with Crippen molar-refractivity contribution in [2.75, 3.05) is 12.3 Å². The van der Waals surface area contributed by atoms with Crippen LogP contribution < -0.4 is 11.1 Å². The zero-order valence-electron chi connectivity index (χ0n) is 11.4. The highest BCUT2D eigenvalue weighted by atomic mass is 16.3. The van der Waals surface area contributed by atoms with Crippen LogP contribution >= 0.6 is 0 Å². The van der Waals surface area contributed by atoms with E-state index in [9.17, 15) is 4.79 Å². The quantitative estimate of drug-likeness (QED) is 0.715. The highest BCUT2D eigenvalue weighted by molar-refractivity contribution is 5.98. The summed E-state index contributed by atoms with van der Waals surface area (Å²) < 4.78 is 1.59. The molecule has 4 N–H and O–H groups in total. The summed E-state index contributed by atoms with van der Waals surface area (Å²) in [4.78, 5) is 12.2. The number of carbonyl (C=O) groups is 1. The van der Waals surface area contributed by atoms with E-state index < -0.39 is 0 Å². The van der Waals surface area contributed by atoms with Crippen LogP contribution in [0.25, 0.3) is 0 Å². The summed E-state index contributed by atoms with van der Waals surface area (Å²) in [5.74, 6) is -0.253. The Balaban J connectivity index is 2.91. The monoisotopic (exact) mass is 254 g/mol. The first-order chi connectivity index (χ1) is 8.42. The number of carbonyl (C=O) groups excluding carboxylic acids is 1. The van der Waals surface area contributed by atoms with Gasteiger partial charge in [-0.1, -0.05) is 6.92 Å². The fraction of sp³-hybridized carbons (Fsp3) is 0.667. The van der Waals surface area contributed by atoms with E-state index in [-0.39, 0.29) is 24.5 Å².